The first-order valence-electron chi connectivity index (χ1n) is 5.89. The Labute approximate surface area is 115 Å². The summed E-state index contributed by atoms with van der Waals surface area (Å²) in [4.78, 5) is 26.4. The summed E-state index contributed by atoms with van der Waals surface area (Å²) in [6, 6.07) is 11.7. The zero-order valence-corrected chi connectivity index (χ0v) is 10.6. The van der Waals surface area contributed by atoms with Crippen LogP contribution >= 0.6 is 0 Å². The molecule has 0 unspecified atom stereocenters. The number of carbonyl (C=O) groups is 2. The van der Waals surface area contributed by atoms with Gasteiger partial charge in [-0.05, 0) is 36.4 Å². The van der Waals surface area contributed by atoms with Crippen LogP contribution in [-0.2, 0) is 4.79 Å². The quantitative estimate of drug-likeness (QED) is 0.854. The molecule has 0 atom stereocenters. The van der Waals surface area contributed by atoms with Crippen LogP contribution < -0.4 is 15.8 Å². The summed E-state index contributed by atoms with van der Waals surface area (Å²) in [6.45, 7) is -0.181. The van der Waals surface area contributed by atoms with Crippen molar-refractivity contribution in [3.63, 3.8) is 0 Å². The van der Waals surface area contributed by atoms with Gasteiger partial charge in [-0.1, -0.05) is 6.07 Å². The smallest absolute Gasteiger partial charge is 0.274 e. The second kappa shape index (κ2) is 6.33. The maximum absolute atomic E-state index is 11.8. The third-order valence-electron chi connectivity index (χ3n) is 2.39. The minimum atomic E-state index is -0.544. The second-order valence-electron chi connectivity index (χ2n) is 3.95. The first kappa shape index (κ1) is 13.5. The van der Waals surface area contributed by atoms with Crippen LogP contribution in [0.2, 0.25) is 0 Å². The Balaban J connectivity index is 1.97. The van der Waals surface area contributed by atoms with E-state index in [0.717, 1.165) is 0 Å². The molecule has 102 valence electrons. The minimum absolute atomic E-state index is 0.181. The molecule has 0 saturated heterocycles. The predicted octanol–water partition coefficient (Wildman–Crippen LogP) is 1.20. The van der Waals surface area contributed by atoms with Crippen molar-refractivity contribution in [2.24, 2.45) is 5.73 Å². The van der Waals surface area contributed by atoms with E-state index in [-0.39, 0.29) is 12.5 Å². The number of aromatic nitrogens is 1. The van der Waals surface area contributed by atoms with Gasteiger partial charge in [0.15, 0.2) is 6.61 Å². The molecule has 0 spiro atoms. The number of anilines is 1. The van der Waals surface area contributed by atoms with Crippen LogP contribution in [0.3, 0.4) is 0 Å². The normalized spacial score (nSPS) is 9.80. The minimum Gasteiger partial charge on any atom is -0.484 e. The third kappa shape index (κ3) is 3.81. The molecule has 6 nitrogen and oxygen atoms in total. The number of primary amides is 1. The number of pyridine rings is 1. The molecule has 2 aromatic rings. The van der Waals surface area contributed by atoms with E-state index in [9.17, 15) is 9.59 Å². The molecule has 20 heavy (non-hydrogen) atoms. The van der Waals surface area contributed by atoms with Crippen LogP contribution in [-0.4, -0.2) is 23.4 Å². The molecule has 0 aliphatic carbocycles. The summed E-state index contributed by atoms with van der Waals surface area (Å²) in [7, 11) is 0. The average Bonchev–Trinajstić information content (AvgIpc) is 2.47. The Morgan fingerprint density at radius 2 is 1.90 bits per heavy atom. The first-order chi connectivity index (χ1) is 9.65. The zero-order chi connectivity index (χ0) is 14.4. The Morgan fingerprint density at radius 3 is 2.50 bits per heavy atom. The third-order valence-corrected chi connectivity index (χ3v) is 2.39. The lowest BCUT2D eigenvalue weighted by Gasteiger charge is -2.06. The number of nitrogens with two attached hydrogens (primary N) is 1. The molecular formula is C14H13N3O3. The van der Waals surface area contributed by atoms with E-state index in [1.807, 2.05) is 0 Å². The molecule has 6 heteroatoms. The van der Waals surface area contributed by atoms with E-state index in [4.69, 9.17) is 10.5 Å². The van der Waals surface area contributed by atoms with Crippen LogP contribution in [0, 0.1) is 0 Å². The molecule has 1 heterocycles. The second-order valence-corrected chi connectivity index (χ2v) is 3.95. The van der Waals surface area contributed by atoms with E-state index in [2.05, 4.69) is 10.3 Å². The van der Waals surface area contributed by atoms with Crippen molar-refractivity contribution in [2.45, 2.75) is 0 Å². The van der Waals surface area contributed by atoms with Crippen molar-refractivity contribution in [3.05, 3.63) is 54.4 Å². The van der Waals surface area contributed by atoms with Crippen molar-refractivity contribution < 1.29 is 14.3 Å². The number of rotatable bonds is 5. The molecule has 0 saturated carbocycles. The van der Waals surface area contributed by atoms with Crippen molar-refractivity contribution in [2.75, 3.05) is 11.9 Å². The summed E-state index contributed by atoms with van der Waals surface area (Å²) in [6.07, 6.45) is 1.55. The van der Waals surface area contributed by atoms with E-state index < -0.39 is 5.91 Å². The number of ether oxygens (including phenoxy) is 1. The van der Waals surface area contributed by atoms with Crippen molar-refractivity contribution in [1.29, 1.82) is 0 Å². The Kier molecular flexibility index (Phi) is 4.28. The summed E-state index contributed by atoms with van der Waals surface area (Å²) >= 11 is 0. The van der Waals surface area contributed by atoms with Crippen molar-refractivity contribution in [1.82, 2.24) is 4.98 Å². The Morgan fingerprint density at radius 1 is 1.15 bits per heavy atom. The van der Waals surface area contributed by atoms with Gasteiger partial charge in [-0.2, -0.15) is 0 Å². The van der Waals surface area contributed by atoms with E-state index in [1.165, 1.54) is 0 Å². The molecule has 0 aliphatic heterocycles. The predicted molar refractivity (Wildman–Crippen MR) is 73.3 cm³/mol. The van der Waals surface area contributed by atoms with Crippen molar-refractivity contribution >= 4 is 17.5 Å². The molecule has 0 aliphatic rings. The molecule has 2 rings (SSSR count). The highest BCUT2D eigenvalue weighted by Crippen LogP contribution is 2.16. The number of nitrogens with zero attached hydrogens (tertiary/aromatic N) is 1. The fraction of sp³-hybridized carbons (Fsp3) is 0.0714. The van der Waals surface area contributed by atoms with Gasteiger partial charge in [-0.3, -0.25) is 14.6 Å². The maximum Gasteiger partial charge on any atom is 0.274 e. The molecule has 0 bridgehead atoms. The molecule has 0 radical (unpaired) electrons. The van der Waals surface area contributed by atoms with Crippen LogP contribution in [0.4, 0.5) is 5.69 Å². The van der Waals surface area contributed by atoms with Gasteiger partial charge < -0.3 is 15.8 Å². The maximum atomic E-state index is 11.8. The monoisotopic (exact) mass is 271 g/mol. The lowest BCUT2D eigenvalue weighted by Crippen LogP contribution is -2.20. The highest BCUT2D eigenvalue weighted by atomic mass is 16.5. The average molecular weight is 271 g/mol. The number of benzene rings is 1. The van der Waals surface area contributed by atoms with Crippen LogP contribution in [0.15, 0.2) is 48.7 Å². The van der Waals surface area contributed by atoms with E-state index in [0.29, 0.717) is 17.1 Å². The van der Waals surface area contributed by atoms with Gasteiger partial charge in [0.05, 0.1) is 0 Å². The highest BCUT2D eigenvalue weighted by molar-refractivity contribution is 6.02. The van der Waals surface area contributed by atoms with E-state index >= 15 is 0 Å². The zero-order valence-electron chi connectivity index (χ0n) is 10.6. The number of hydrogen-bond donors (Lipinski definition) is 2. The van der Waals surface area contributed by atoms with Crippen LogP contribution in [0.25, 0.3) is 0 Å². The molecule has 1 aromatic heterocycles. The van der Waals surface area contributed by atoms with Gasteiger partial charge in [0, 0.05) is 11.9 Å². The topological polar surface area (TPSA) is 94.3 Å². The van der Waals surface area contributed by atoms with Crippen LogP contribution in [0.5, 0.6) is 5.75 Å². The fourth-order valence-corrected chi connectivity index (χ4v) is 1.48. The summed E-state index contributed by atoms with van der Waals surface area (Å²) in [5.74, 6) is -0.339. The molecular weight excluding hydrogens is 258 g/mol. The molecule has 1 aromatic carbocycles. The number of carbonyl (C=O) groups excluding carboxylic acids is 2. The first-order valence-corrected chi connectivity index (χ1v) is 5.89. The number of hydrogen-bond acceptors (Lipinski definition) is 4. The molecule has 2 amide bonds. The van der Waals surface area contributed by atoms with Gasteiger partial charge in [-0.15, -0.1) is 0 Å². The number of amides is 2. The Bertz CT molecular complexity index is 597. The van der Waals surface area contributed by atoms with Crippen LogP contribution in [0.1, 0.15) is 10.5 Å². The van der Waals surface area contributed by atoms with Crippen molar-refractivity contribution in [3.8, 4) is 5.75 Å². The standard InChI is InChI=1S/C14H13N3O3/c15-13(18)9-20-11-6-4-10(5-7-11)17-14(19)12-3-1-2-8-16-12/h1-8H,9H2,(H2,15,18)(H,17,19). The molecule has 3 N–H and O–H groups in total. The number of nitrogens with one attached hydrogen (secondary N) is 1. The van der Waals surface area contributed by atoms with Gasteiger partial charge in [0.25, 0.3) is 11.8 Å². The summed E-state index contributed by atoms with van der Waals surface area (Å²) in [5.41, 5.74) is 5.91. The summed E-state index contributed by atoms with van der Waals surface area (Å²) < 4.78 is 5.11. The van der Waals surface area contributed by atoms with Gasteiger partial charge in [0.1, 0.15) is 11.4 Å². The highest BCUT2D eigenvalue weighted by Gasteiger charge is 2.06. The molecule has 0 fully saturated rings. The van der Waals surface area contributed by atoms with E-state index in [1.54, 1.807) is 48.7 Å². The fourth-order valence-electron chi connectivity index (χ4n) is 1.48. The SMILES string of the molecule is NC(=O)COc1ccc(NC(=O)c2ccccn2)cc1. The lowest BCUT2D eigenvalue weighted by molar-refractivity contribution is -0.119. The van der Waals surface area contributed by atoms with Gasteiger partial charge >= 0.3 is 0 Å². The van der Waals surface area contributed by atoms with Gasteiger partial charge in [-0.25, -0.2) is 0 Å². The lowest BCUT2D eigenvalue weighted by atomic mass is 10.3. The van der Waals surface area contributed by atoms with Gasteiger partial charge in [0.2, 0.25) is 0 Å². The summed E-state index contributed by atoms with van der Waals surface area (Å²) in [5, 5.41) is 2.70. The Hall–Kier alpha value is -2.89. The largest absolute Gasteiger partial charge is 0.484 e.